The molecule has 0 atom stereocenters. The minimum Gasteiger partial charge on any atom is -0.296 e. The Morgan fingerprint density at radius 2 is 2.33 bits per heavy atom. The lowest BCUT2D eigenvalue weighted by Crippen LogP contribution is -2.00. The molecular weight excluding hydrogens is 260 g/mol. The van der Waals surface area contributed by atoms with Gasteiger partial charge in [0.25, 0.3) is 0 Å². The molecule has 6 heteroatoms. The summed E-state index contributed by atoms with van der Waals surface area (Å²) in [7, 11) is 0. The molecular formula is C9H7BrN4O. The fourth-order valence-electron chi connectivity index (χ4n) is 1.17. The highest BCUT2D eigenvalue weighted by molar-refractivity contribution is 9.10. The van der Waals surface area contributed by atoms with Crippen molar-refractivity contribution in [3.63, 3.8) is 0 Å². The highest BCUT2D eigenvalue weighted by Gasteiger charge is 2.00. The number of hydrogen-bond donors (Lipinski definition) is 0. The highest BCUT2D eigenvalue weighted by Crippen LogP contribution is 2.10. The van der Waals surface area contributed by atoms with Gasteiger partial charge in [-0.1, -0.05) is 5.21 Å². The SMILES string of the molecule is O=Cc1cn(Cc2cncc(Br)c2)nn1. The van der Waals surface area contributed by atoms with E-state index in [0.717, 1.165) is 10.0 Å². The Hall–Kier alpha value is -1.56. The molecule has 0 aromatic carbocycles. The first kappa shape index (κ1) is 9.97. The highest BCUT2D eigenvalue weighted by atomic mass is 79.9. The molecule has 2 aromatic heterocycles. The zero-order chi connectivity index (χ0) is 10.7. The standard InChI is InChI=1S/C9H7BrN4O/c10-8-1-7(2-11-3-8)4-14-5-9(6-15)12-13-14/h1-3,5-6H,4H2. The number of carbonyl (C=O) groups is 1. The van der Waals surface area contributed by atoms with E-state index >= 15 is 0 Å². The van der Waals surface area contributed by atoms with Crippen LogP contribution >= 0.6 is 15.9 Å². The first-order valence-electron chi connectivity index (χ1n) is 4.22. The summed E-state index contributed by atoms with van der Waals surface area (Å²) >= 11 is 3.33. The van der Waals surface area contributed by atoms with Crippen molar-refractivity contribution in [2.45, 2.75) is 6.54 Å². The molecule has 2 heterocycles. The molecule has 0 aliphatic carbocycles. The Labute approximate surface area is 94.3 Å². The summed E-state index contributed by atoms with van der Waals surface area (Å²) in [6, 6.07) is 1.94. The minimum absolute atomic E-state index is 0.331. The molecule has 76 valence electrons. The summed E-state index contributed by atoms with van der Waals surface area (Å²) < 4.78 is 2.50. The van der Waals surface area contributed by atoms with Gasteiger partial charge in [0.15, 0.2) is 6.29 Å². The lowest BCUT2D eigenvalue weighted by molar-refractivity contribution is 0.111. The van der Waals surface area contributed by atoms with Gasteiger partial charge in [-0.05, 0) is 27.6 Å². The van der Waals surface area contributed by atoms with Gasteiger partial charge in [-0.15, -0.1) is 5.10 Å². The van der Waals surface area contributed by atoms with Crippen LogP contribution in [-0.2, 0) is 6.54 Å². The first-order valence-corrected chi connectivity index (χ1v) is 5.02. The number of halogens is 1. The largest absolute Gasteiger partial charge is 0.296 e. The lowest BCUT2D eigenvalue weighted by atomic mass is 10.3. The van der Waals surface area contributed by atoms with Crippen molar-refractivity contribution < 1.29 is 4.79 Å². The molecule has 0 radical (unpaired) electrons. The van der Waals surface area contributed by atoms with Crippen molar-refractivity contribution >= 4 is 22.2 Å². The second-order valence-electron chi connectivity index (χ2n) is 2.97. The number of rotatable bonds is 3. The van der Waals surface area contributed by atoms with Crippen molar-refractivity contribution in [3.8, 4) is 0 Å². The zero-order valence-corrected chi connectivity index (χ0v) is 9.25. The molecule has 0 fully saturated rings. The predicted molar refractivity (Wildman–Crippen MR) is 56.4 cm³/mol. The topological polar surface area (TPSA) is 60.7 Å². The Morgan fingerprint density at radius 1 is 1.47 bits per heavy atom. The summed E-state index contributed by atoms with van der Waals surface area (Å²) in [5.74, 6) is 0. The van der Waals surface area contributed by atoms with Crippen molar-refractivity contribution in [3.05, 3.63) is 40.4 Å². The van der Waals surface area contributed by atoms with E-state index in [2.05, 4.69) is 31.2 Å². The maximum absolute atomic E-state index is 10.4. The van der Waals surface area contributed by atoms with Crippen LogP contribution in [0.3, 0.4) is 0 Å². The maximum Gasteiger partial charge on any atom is 0.171 e. The summed E-state index contributed by atoms with van der Waals surface area (Å²) in [5, 5.41) is 7.47. The molecule has 0 aliphatic rings. The number of hydrogen-bond acceptors (Lipinski definition) is 4. The van der Waals surface area contributed by atoms with E-state index < -0.39 is 0 Å². The molecule has 0 bridgehead atoms. The van der Waals surface area contributed by atoms with Crippen molar-refractivity contribution in [2.75, 3.05) is 0 Å². The van der Waals surface area contributed by atoms with E-state index in [-0.39, 0.29) is 0 Å². The summed E-state index contributed by atoms with van der Waals surface area (Å²) in [4.78, 5) is 14.4. The third-order valence-corrected chi connectivity index (χ3v) is 2.22. The van der Waals surface area contributed by atoms with E-state index in [1.807, 2.05) is 6.07 Å². The van der Waals surface area contributed by atoms with Gasteiger partial charge in [0.05, 0.1) is 12.7 Å². The second-order valence-corrected chi connectivity index (χ2v) is 3.89. The quantitative estimate of drug-likeness (QED) is 0.786. The van der Waals surface area contributed by atoms with Crippen LogP contribution in [-0.4, -0.2) is 26.3 Å². The van der Waals surface area contributed by atoms with Gasteiger partial charge in [0.2, 0.25) is 0 Å². The van der Waals surface area contributed by atoms with Gasteiger partial charge in [0.1, 0.15) is 5.69 Å². The molecule has 0 spiro atoms. The normalized spacial score (nSPS) is 10.2. The lowest BCUT2D eigenvalue weighted by Gasteiger charge is -1.99. The summed E-state index contributed by atoms with van der Waals surface area (Å²) in [5.41, 5.74) is 1.32. The molecule has 0 unspecified atom stereocenters. The monoisotopic (exact) mass is 266 g/mol. The fraction of sp³-hybridized carbons (Fsp3) is 0.111. The molecule has 0 aliphatic heterocycles. The Morgan fingerprint density at radius 3 is 3.00 bits per heavy atom. The minimum atomic E-state index is 0.331. The molecule has 0 saturated carbocycles. The van der Waals surface area contributed by atoms with Crippen molar-refractivity contribution in [2.24, 2.45) is 0 Å². The van der Waals surface area contributed by atoms with E-state index in [1.54, 1.807) is 23.3 Å². The van der Waals surface area contributed by atoms with Crippen LogP contribution in [0, 0.1) is 0 Å². The van der Waals surface area contributed by atoms with E-state index in [4.69, 9.17) is 0 Å². The number of aldehydes is 1. The summed E-state index contributed by atoms with van der Waals surface area (Å²) in [6.07, 6.45) is 5.71. The van der Waals surface area contributed by atoms with Crippen LogP contribution in [0.2, 0.25) is 0 Å². The number of nitrogens with zero attached hydrogens (tertiary/aromatic N) is 4. The first-order chi connectivity index (χ1) is 7.28. The maximum atomic E-state index is 10.4. The average molecular weight is 267 g/mol. The molecule has 2 aromatic rings. The third-order valence-electron chi connectivity index (χ3n) is 1.78. The molecule has 15 heavy (non-hydrogen) atoms. The van der Waals surface area contributed by atoms with Crippen LogP contribution in [0.5, 0.6) is 0 Å². The van der Waals surface area contributed by atoms with Crippen LogP contribution in [0.1, 0.15) is 16.1 Å². The Bertz CT molecular complexity index is 482. The predicted octanol–water partition coefficient (Wildman–Crippen LogP) is 1.30. The third kappa shape index (κ3) is 2.47. The summed E-state index contributed by atoms with van der Waals surface area (Å²) in [6.45, 7) is 0.549. The average Bonchev–Trinajstić information content (AvgIpc) is 2.65. The number of aromatic nitrogens is 4. The van der Waals surface area contributed by atoms with Gasteiger partial charge in [0, 0.05) is 16.9 Å². The molecule has 2 rings (SSSR count). The van der Waals surface area contributed by atoms with Gasteiger partial charge in [-0.3, -0.25) is 9.78 Å². The van der Waals surface area contributed by atoms with Gasteiger partial charge >= 0.3 is 0 Å². The smallest absolute Gasteiger partial charge is 0.171 e. The van der Waals surface area contributed by atoms with Crippen LogP contribution < -0.4 is 0 Å². The Kier molecular flexibility index (Phi) is 2.86. The Balaban J connectivity index is 2.18. The van der Waals surface area contributed by atoms with Gasteiger partial charge in [-0.2, -0.15) is 0 Å². The van der Waals surface area contributed by atoms with Crippen LogP contribution in [0.15, 0.2) is 29.1 Å². The molecule has 0 amide bonds. The van der Waals surface area contributed by atoms with Crippen LogP contribution in [0.4, 0.5) is 0 Å². The zero-order valence-electron chi connectivity index (χ0n) is 7.67. The van der Waals surface area contributed by atoms with E-state index in [1.165, 1.54) is 0 Å². The number of pyridine rings is 1. The van der Waals surface area contributed by atoms with E-state index in [9.17, 15) is 4.79 Å². The molecule has 0 N–H and O–H groups in total. The van der Waals surface area contributed by atoms with Gasteiger partial charge in [-0.25, -0.2) is 4.68 Å². The van der Waals surface area contributed by atoms with Gasteiger partial charge < -0.3 is 0 Å². The second kappa shape index (κ2) is 4.31. The van der Waals surface area contributed by atoms with Crippen molar-refractivity contribution in [1.29, 1.82) is 0 Å². The molecule has 5 nitrogen and oxygen atoms in total. The van der Waals surface area contributed by atoms with E-state index in [0.29, 0.717) is 18.5 Å². The fourth-order valence-corrected chi connectivity index (χ4v) is 1.59. The number of carbonyl (C=O) groups excluding carboxylic acids is 1. The van der Waals surface area contributed by atoms with Crippen LogP contribution in [0.25, 0.3) is 0 Å². The molecule has 0 saturated heterocycles. The van der Waals surface area contributed by atoms with Crippen molar-refractivity contribution in [1.82, 2.24) is 20.0 Å².